The van der Waals surface area contributed by atoms with Crippen LogP contribution in [0.4, 0.5) is 4.79 Å². The molecule has 2 N–H and O–H groups in total. The van der Waals surface area contributed by atoms with E-state index in [1.807, 2.05) is 6.92 Å². The van der Waals surface area contributed by atoms with Gasteiger partial charge in [-0.2, -0.15) is 0 Å². The zero-order chi connectivity index (χ0) is 15.0. The molecule has 0 spiro atoms. The molecule has 1 rings (SSSR count). The van der Waals surface area contributed by atoms with Crippen LogP contribution in [0.3, 0.4) is 0 Å². The van der Waals surface area contributed by atoms with Gasteiger partial charge < -0.3 is 20.1 Å². The number of nitrogens with one attached hydrogen (secondary N) is 1. The van der Waals surface area contributed by atoms with Crippen molar-refractivity contribution in [2.45, 2.75) is 45.1 Å². The molecule has 0 aliphatic carbocycles. The largest absolute Gasteiger partial charge is 0.481 e. The van der Waals surface area contributed by atoms with Gasteiger partial charge in [0.15, 0.2) is 0 Å². The molecular weight excluding hydrogens is 260 g/mol. The van der Waals surface area contributed by atoms with E-state index in [4.69, 9.17) is 9.84 Å². The Morgan fingerprint density at radius 3 is 2.60 bits per heavy atom. The van der Waals surface area contributed by atoms with Gasteiger partial charge >= 0.3 is 12.0 Å². The van der Waals surface area contributed by atoms with Crippen LogP contribution in [0.25, 0.3) is 0 Å². The number of aliphatic carboxylic acids is 1. The number of carbonyl (C=O) groups excluding carboxylic acids is 1. The highest BCUT2D eigenvalue weighted by Crippen LogP contribution is 2.15. The summed E-state index contributed by atoms with van der Waals surface area (Å²) < 4.78 is 5.30. The maximum Gasteiger partial charge on any atom is 0.317 e. The molecule has 1 aliphatic heterocycles. The van der Waals surface area contributed by atoms with Crippen molar-refractivity contribution in [3.63, 3.8) is 0 Å². The van der Waals surface area contributed by atoms with Gasteiger partial charge in [-0.25, -0.2) is 4.79 Å². The highest BCUT2D eigenvalue weighted by atomic mass is 16.5. The van der Waals surface area contributed by atoms with Crippen molar-refractivity contribution in [2.24, 2.45) is 5.92 Å². The molecule has 6 heteroatoms. The number of carboxylic acid groups (broad SMARTS) is 1. The molecule has 1 atom stereocenters. The highest BCUT2D eigenvalue weighted by molar-refractivity contribution is 5.75. The minimum Gasteiger partial charge on any atom is -0.481 e. The van der Waals surface area contributed by atoms with Crippen LogP contribution in [0.15, 0.2) is 0 Å². The number of rotatable bonds is 7. The predicted octanol–water partition coefficient (Wildman–Crippen LogP) is 1.70. The van der Waals surface area contributed by atoms with Gasteiger partial charge in [0, 0.05) is 32.8 Å². The number of hydrogen-bond donors (Lipinski definition) is 2. The summed E-state index contributed by atoms with van der Waals surface area (Å²) >= 11 is 0. The second-order valence-corrected chi connectivity index (χ2v) is 5.47. The van der Waals surface area contributed by atoms with Crippen LogP contribution in [0, 0.1) is 5.92 Å². The van der Waals surface area contributed by atoms with Crippen LogP contribution in [0.2, 0.25) is 0 Å². The summed E-state index contributed by atoms with van der Waals surface area (Å²) in [5, 5.41) is 11.7. The summed E-state index contributed by atoms with van der Waals surface area (Å²) in [4.78, 5) is 24.5. The first-order valence-corrected chi connectivity index (χ1v) is 7.34. The van der Waals surface area contributed by atoms with Crippen LogP contribution in [-0.4, -0.2) is 54.9 Å². The van der Waals surface area contributed by atoms with E-state index in [2.05, 4.69) is 5.32 Å². The summed E-state index contributed by atoms with van der Waals surface area (Å²) in [6.07, 6.45) is 3.46. The summed E-state index contributed by atoms with van der Waals surface area (Å²) in [7, 11) is 1.76. The Labute approximate surface area is 120 Å². The molecule has 0 aromatic carbocycles. The molecule has 20 heavy (non-hydrogen) atoms. The van der Waals surface area contributed by atoms with E-state index < -0.39 is 5.97 Å². The molecular formula is C14H26N2O4. The van der Waals surface area contributed by atoms with E-state index in [0.717, 1.165) is 32.5 Å². The van der Waals surface area contributed by atoms with Crippen molar-refractivity contribution in [2.75, 3.05) is 26.8 Å². The van der Waals surface area contributed by atoms with Crippen LogP contribution in [0.5, 0.6) is 0 Å². The van der Waals surface area contributed by atoms with Crippen LogP contribution in [-0.2, 0) is 9.53 Å². The minimum atomic E-state index is -0.879. The Morgan fingerprint density at radius 2 is 2.05 bits per heavy atom. The number of carbonyl (C=O) groups is 2. The summed E-state index contributed by atoms with van der Waals surface area (Å²) in [6, 6.07) is -0.474. The number of urea groups is 1. The van der Waals surface area contributed by atoms with Gasteiger partial charge in [-0.05, 0) is 25.2 Å². The first-order chi connectivity index (χ1) is 9.52. The van der Waals surface area contributed by atoms with Crippen molar-refractivity contribution < 1.29 is 19.4 Å². The quantitative estimate of drug-likeness (QED) is 0.746. The van der Waals surface area contributed by atoms with Crippen LogP contribution in [0.1, 0.15) is 39.0 Å². The normalized spacial score (nSPS) is 17.5. The number of hydrogen-bond acceptors (Lipinski definition) is 3. The second-order valence-electron chi connectivity index (χ2n) is 5.47. The van der Waals surface area contributed by atoms with Crippen molar-refractivity contribution >= 4 is 12.0 Å². The van der Waals surface area contributed by atoms with Gasteiger partial charge in [0.2, 0.25) is 0 Å². The molecule has 1 fully saturated rings. The highest BCUT2D eigenvalue weighted by Gasteiger charge is 2.21. The Hall–Kier alpha value is -1.30. The summed E-state index contributed by atoms with van der Waals surface area (Å²) in [6.45, 7) is 4.20. The molecule has 1 aliphatic rings. The van der Waals surface area contributed by atoms with E-state index >= 15 is 0 Å². The standard InChI is InChI=1S/C14H26N2O4/c1-3-4-12(9-13(17)18)15-14(19)16(2)10-11-5-7-20-8-6-11/h11-12H,3-10H2,1-2H3,(H,15,19)(H,17,18). The van der Waals surface area contributed by atoms with Crippen molar-refractivity contribution in [3.8, 4) is 0 Å². The third kappa shape index (κ3) is 6.23. The predicted molar refractivity (Wildman–Crippen MR) is 75.7 cm³/mol. The lowest BCUT2D eigenvalue weighted by atomic mass is 10.00. The average Bonchev–Trinajstić information content (AvgIpc) is 2.39. The van der Waals surface area contributed by atoms with Gasteiger partial charge in [-0.15, -0.1) is 0 Å². The number of carboxylic acids is 1. The number of amides is 2. The van der Waals surface area contributed by atoms with Gasteiger partial charge in [-0.1, -0.05) is 13.3 Å². The third-order valence-corrected chi connectivity index (χ3v) is 3.61. The van der Waals surface area contributed by atoms with E-state index in [0.29, 0.717) is 18.9 Å². The molecule has 1 saturated heterocycles. The van der Waals surface area contributed by atoms with Crippen molar-refractivity contribution in [1.29, 1.82) is 0 Å². The molecule has 0 saturated carbocycles. The fourth-order valence-electron chi connectivity index (χ4n) is 2.47. The fourth-order valence-corrected chi connectivity index (χ4v) is 2.47. The van der Waals surface area contributed by atoms with Crippen LogP contribution >= 0.6 is 0 Å². The topological polar surface area (TPSA) is 78.9 Å². The molecule has 116 valence electrons. The lowest BCUT2D eigenvalue weighted by Crippen LogP contribution is -2.45. The zero-order valence-corrected chi connectivity index (χ0v) is 12.4. The second kappa shape index (κ2) is 8.79. The molecule has 1 heterocycles. The SMILES string of the molecule is CCCC(CC(=O)O)NC(=O)N(C)CC1CCOCC1. The summed E-state index contributed by atoms with van der Waals surface area (Å²) in [5.41, 5.74) is 0. The maximum atomic E-state index is 12.1. The van der Waals surface area contributed by atoms with Crippen molar-refractivity contribution in [3.05, 3.63) is 0 Å². The Kier molecular flexibility index (Phi) is 7.36. The molecule has 0 aromatic heterocycles. The monoisotopic (exact) mass is 286 g/mol. The third-order valence-electron chi connectivity index (χ3n) is 3.61. The summed E-state index contributed by atoms with van der Waals surface area (Å²) in [5.74, 6) is -0.403. The first-order valence-electron chi connectivity index (χ1n) is 7.34. The molecule has 1 unspecified atom stereocenters. The van der Waals surface area contributed by atoms with Gasteiger partial charge in [0.25, 0.3) is 0 Å². The minimum absolute atomic E-state index is 0.0231. The molecule has 0 bridgehead atoms. The zero-order valence-electron chi connectivity index (χ0n) is 12.4. The Morgan fingerprint density at radius 1 is 1.40 bits per heavy atom. The Bertz CT molecular complexity index is 316. The lowest BCUT2D eigenvalue weighted by molar-refractivity contribution is -0.137. The lowest BCUT2D eigenvalue weighted by Gasteiger charge is -2.28. The van der Waals surface area contributed by atoms with Gasteiger partial charge in [-0.3, -0.25) is 4.79 Å². The van der Waals surface area contributed by atoms with E-state index in [9.17, 15) is 9.59 Å². The molecule has 0 aromatic rings. The molecule has 2 amide bonds. The molecule has 6 nitrogen and oxygen atoms in total. The van der Waals surface area contributed by atoms with E-state index in [-0.39, 0.29) is 18.5 Å². The Balaban J connectivity index is 2.39. The van der Waals surface area contributed by atoms with E-state index in [1.54, 1.807) is 11.9 Å². The number of ether oxygens (including phenoxy) is 1. The van der Waals surface area contributed by atoms with Gasteiger partial charge in [0.1, 0.15) is 0 Å². The maximum absolute atomic E-state index is 12.1. The van der Waals surface area contributed by atoms with E-state index in [1.165, 1.54) is 0 Å². The fraction of sp³-hybridized carbons (Fsp3) is 0.857. The molecule has 0 radical (unpaired) electrons. The average molecular weight is 286 g/mol. The first kappa shape index (κ1) is 16.8. The smallest absolute Gasteiger partial charge is 0.317 e. The number of nitrogens with zero attached hydrogens (tertiary/aromatic N) is 1. The van der Waals surface area contributed by atoms with Crippen LogP contribution < -0.4 is 5.32 Å². The van der Waals surface area contributed by atoms with Crippen molar-refractivity contribution in [1.82, 2.24) is 10.2 Å². The van der Waals surface area contributed by atoms with Gasteiger partial charge in [0.05, 0.1) is 6.42 Å².